The second kappa shape index (κ2) is 6.18. The first-order chi connectivity index (χ1) is 7.60. The number of nitrogens with zero attached hydrogens (tertiary/aromatic N) is 1. The molecule has 0 aromatic rings. The normalized spacial score (nSPS) is 24.4. The number of methoxy groups -OCH3 is 1. The van der Waals surface area contributed by atoms with Gasteiger partial charge in [-0.1, -0.05) is 13.8 Å². The number of hydrogen-bond donors (Lipinski definition) is 2. The second-order valence-corrected chi connectivity index (χ2v) is 4.69. The Morgan fingerprint density at radius 2 is 2.25 bits per heavy atom. The molecule has 1 heterocycles. The Morgan fingerprint density at radius 3 is 2.75 bits per heavy atom. The highest BCUT2D eigenvalue weighted by atomic mass is 16.5. The standard InChI is InChI=1S/C11H23N3O2/c1-8(2)10(11(15)13-12)14-6-4-5-9(7-14)16-3/h8-10H,4-7,12H2,1-3H3,(H,13,15). The van der Waals surface area contributed by atoms with Gasteiger partial charge in [-0.25, -0.2) is 5.84 Å². The predicted molar refractivity (Wildman–Crippen MR) is 62.6 cm³/mol. The lowest BCUT2D eigenvalue weighted by molar-refractivity contribution is -0.129. The van der Waals surface area contributed by atoms with Gasteiger partial charge in [0.15, 0.2) is 0 Å². The molecule has 16 heavy (non-hydrogen) atoms. The van der Waals surface area contributed by atoms with E-state index >= 15 is 0 Å². The Balaban J connectivity index is 2.66. The highest BCUT2D eigenvalue weighted by Gasteiger charge is 2.32. The van der Waals surface area contributed by atoms with Gasteiger partial charge in [0.2, 0.25) is 0 Å². The van der Waals surface area contributed by atoms with E-state index < -0.39 is 0 Å². The van der Waals surface area contributed by atoms with Gasteiger partial charge < -0.3 is 4.74 Å². The first-order valence-electron chi connectivity index (χ1n) is 5.87. The van der Waals surface area contributed by atoms with Gasteiger partial charge in [0.05, 0.1) is 12.1 Å². The minimum absolute atomic E-state index is 0.105. The number of rotatable bonds is 4. The number of hydrazine groups is 1. The highest BCUT2D eigenvalue weighted by Crippen LogP contribution is 2.19. The van der Waals surface area contributed by atoms with E-state index in [1.54, 1.807) is 7.11 Å². The van der Waals surface area contributed by atoms with Crippen LogP contribution in [0.1, 0.15) is 26.7 Å². The Morgan fingerprint density at radius 1 is 1.56 bits per heavy atom. The van der Waals surface area contributed by atoms with Crippen molar-refractivity contribution in [2.45, 2.75) is 38.8 Å². The van der Waals surface area contributed by atoms with Crippen molar-refractivity contribution in [2.75, 3.05) is 20.2 Å². The molecular weight excluding hydrogens is 206 g/mol. The molecule has 0 spiro atoms. The minimum Gasteiger partial charge on any atom is -0.380 e. The summed E-state index contributed by atoms with van der Waals surface area (Å²) in [6, 6.07) is -0.150. The van der Waals surface area contributed by atoms with Crippen LogP contribution in [0.4, 0.5) is 0 Å². The van der Waals surface area contributed by atoms with Gasteiger partial charge in [-0.15, -0.1) is 0 Å². The van der Waals surface area contributed by atoms with E-state index in [0.717, 1.165) is 25.9 Å². The van der Waals surface area contributed by atoms with E-state index in [4.69, 9.17) is 10.6 Å². The van der Waals surface area contributed by atoms with E-state index in [1.165, 1.54) is 0 Å². The number of nitrogens with two attached hydrogens (primary N) is 1. The maximum absolute atomic E-state index is 11.7. The minimum atomic E-state index is -0.150. The van der Waals surface area contributed by atoms with Crippen molar-refractivity contribution >= 4 is 5.91 Å². The first-order valence-corrected chi connectivity index (χ1v) is 5.87. The molecule has 0 aromatic carbocycles. The van der Waals surface area contributed by atoms with Gasteiger partial charge in [-0.05, 0) is 25.3 Å². The van der Waals surface area contributed by atoms with Gasteiger partial charge >= 0.3 is 0 Å². The highest BCUT2D eigenvalue weighted by molar-refractivity contribution is 5.81. The zero-order chi connectivity index (χ0) is 12.1. The van der Waals surface area contributed by atoms with Crippen molar-refractivity contribution in [3.05, 3.63) is 0 Å². The van der Waals surface area contributed by atoms with Crippen LogP contribution in [0, 0.1) is 5.92 Å². The van der Waals surface area contributed by atoms with Crippen LogP contribution >= 0.6 is 0 Å². The summed E-state index contributed by atoms with van der Waals surface area (Å²) in [5.74, 6) is 5.37. The van der Waals surface area contributed by atoms with Crippen molar-refractivity contribution in [1.82, 2.24) is 10.3 Å². The molecule has 2 atom stereocenters. The smallest absolute Gasteiger partial charge is 0.251 e. The van der Waals surface area contributed by atoms with E-state index in [-0.39, 0.29) is 24.0 Å². The predicted octanol–water partition coefficient (Wildman–Crippen LogP) is 0.112. The Kier molecular flexibility index (Phi) is 5.18. The third kappa shape index (κ3) is 3.17. The van der Waals surface area contributed by atoms with Crippen LogP contribution in [0.2, 0.25) is 0 Å². The number of carbonyl (C=O) groups is 1. The van der Waals surface area contributed by atoms with Gasteiger partial charge in [0.25, 0.3) is 5.91 Å². The fourth-order valence-corrected chi connectivity index (χ4v) is 2.39. The lowest BCUT2D eigenvalue weighted by Crippen LogP contribution is -2.55. The van der Waals surface area contributed by atoms with Gasteiger partial charge in [-0.2, -0.15) is 0 Å². The lowest BCUT2D eigenvalue weighted by Gasteiger charge is -2.38. The van der Waals surface area contributed by atoms with E-state index in [9.17, 15) is 4.79 Å². The zero-order valence-electron chi connectivity index (χ0n) is 10.4. The molecule has 0 radical (unpaired) electrons. The van der Waals surface area contributed by atoms with Gasteiger partial charge in [0.1, 0.15) is 0 Å². The van der Waals surface area contributed by atoms with Crippen LogP contribution in [0.5, 0.6) is 0 Å². The first kappa shape index (κ1) is 13.4. The zero-order valence-corrected chi connectivity index (χ0v) is 10.4. The molecule has 1 aliphatic heterocycles. The molecule has 3 N–H and O–H groups in total. The summed E-state index contributed by atoms with van der Waals surface area (Å²) < 4.78 is 5.36. The van der Waals surface area contributed by atoms with Crippen molar-refractivity contribution in [1.29, 1.82) is 0 Å². The molecule has 1 amide bonds. The van der Waals surface area contributed by atoms with Crippen molar-refractivity contribution in [3.63, 3.8) is 0 Å². The van der Waals surface area contributed by atoms with Crippen molar-refractivity contribution in [2.24, 2.45) is 11.8 Å². The third-order valence-electron chi connectivity index (χ3n) is 3.18. The molecule has 1 aliphatic rings. The van der Waals surface area contributed by atoms with E-state index in [2.05, 4.69) is 10.3 Å². The second-order valence-electron chi connectivity index (χ2n) is 4.69. The number of ether oxygens (including phenoxy) is 1. The maximum atomic E-state index is 11.7. The fourth-order valence-electron chi connectivity index (χ4n) is 2.39. The van der Waals surface area contributed by atoms with Crippen LogP contribution in [0.25, 0.3) is 0 Å². The van der Waals surface area contributed by atoms with E-state index in [0.29, 0.717) is 0 Å². The average molecular weight is 229 g/mol. The quantitative estimate of drug-likeness (QED) is 0.408. The monoisotopic (exact) mass is 229 g/mol. The molecule has 0 aromatic heterocycles. The molecule has 5 heteroatoms. The summed E-state index contributed by atoms with van der Waals surface area (Å²) in [5.41, 5.74) is 2.26. The molecule has 1 saturated heterocycles. The molecule has 2 unspecified atom stereocenters. The third-order valence-corrected chi connectivity index (χ3v) is 3.18. The molecular formula is C11H23N3O2. The molecule has 0 saturated carbocycles. The largest absolute Gasteiger partial charge is 0.380 e. The van der Waals surface area contributed by atoms with Crippen molar-refractivity contribution < 1.29 is 9.53 Å². The molecule has 94 valence electrons. The number of nitrogens with one attached hydrogen (secondary N) is 1. The molecule has 0 aliphatic carbocycles. The summed E-state index contributed by atoms with van der Waals surface area (Å²) in [4.78, 5) is 13.9. The van der Waals surface area contributed by atoms with Gasteiger partial charge in [-0.3, -0.25) is 15.1 Å². The topological polar surface area (TPSA) is 67.6 Å². The maximum Gasteiger partial charge on any atom is 0.251 e. The number of piperidine rings is 1. The summed E-state index contributed by atoms with van der Waals surface area (Å²) >= 11 is 0. The fraction of sp³-hybridized carbons (Fsp3) is 0.909. The SMILES string of the molecule is COC1CCCN(C(C(=O)NN)C(C)C)C1. The van der Waals surface area contributed by atoms with Crippen LogP contribution < -0.4 is 11.3 Å². The lowest BCUT2D eigenvalue weighted by atomic mass is 9.98. The van der Waals surface area contributed by atoms with Crippen LogP contribution in [0.15, 0.2) is 0 Å². The molecule has 1 rings (SSSR count). The number of likely N-dealkylation sites (tertiary alicyclic amines) is 1. The molecule has 0 bridgehead atoms. The Labute approximate surface area is 97.3 Å². The average Bonchev–Trinajstić information content (AvgIpc) is 2.29. The number of carbonyl (C=O) groups excluding carboxylic acids is 1. The summed E-state index contributed by atoms with van der Waals surface area (Å²) in [5, 5.41) is 0. The Hall–Kier alpha value is -0.650. The summed E-state index contributed by atoms with van der Waals surface area (Å²) in [6.45, 7) is 5.83. The van der Waals surface area contributed by atoms with E-state index in [1.807, 2.05) is 13.8 Å². The van der Waals surface area contributed by atoms with Crippen LogP contribution in [-0.2, 0) is 9.53 Å². The van der Waals surface area contributed by atoms with Crippen LogP contribution in [-0.4, -0.2) is 43.2 Å². The van der Waals surface area contributed by atoms with Crippen LogP contribution in [0.3, 0.4) is 0 Å². The van der Waals surface area contributed by atoms with Gasteiger partial charge in [0, 0.05) is 13.7 Å². The number of hydrogen-bond acceptors (Lipinski definition) is 4. The molecule has 1 fully saturated rings. The Bertz CT molecular complexity index is 233. The summed E-state index contributed by atoms with van der Waals surface area (Å²) in [6.07, 6.45) is 2.38. The van der Waals surface area contributed by atoms with Crippen molar-refractivity contribution in [3.8, 4) is 0 Å². The number of amides is 1. The molecule has 5 nitrogen and oxygen atoms in total. The summed E-state index contributed by atoms with van der Waals surface area (Å²) in [7, 11) is 1.72.